The lowest BCUT2D eigenvalue weighted by Gasteiger charge is -2.40. The number of carbonyl (C=O) groups excluding carboxylic acids is 1. The number of likely N-dealkylation sites (N-methyl/N-ethyl adjacent to an activating group) is 1. The van der Waals surface area contributed by atoms with E-state index in [9.17, 15) is 13.2 Å². The average molecular weight is 305 g/mol. The molecule has 1 atom stereocenters. The van der Waals surface area contributed by atoms with Gasteiger partial charge >= 0.3 is 0 Å². The van der Waals surface area contributed by atoms with Gasteiger partial charge in [-0.25, -0.2) is 13.1 Å². The van der Waals surface area contributed by atoms with E-state index in [2.05, 4.69) is 10.0 Å². The van der Waals surface area contributed by atoms with Crippen LogP contribution in [-0.4, -0.2) is 56.7 Å². The van der Waals surface area contributed by atoms with E-state index in [1.54, 1.807) is 0 Å². The highest BCUT2D eigenvalue weighted by Gasteiger charge is 2.36. The second-order valence-electron chi connectivity index (χ2n) is 5.92. The van der Waals surface area contributed by atoms with Crippen molar-refractivity contribution in [3.05, 3.63) is 0 Å². The minimum Gasteiger partial charge on any atom is -0.337 e. The molecule has 1 fully saturated rings. The number of carbonyl (C=O) groups is 1. The Hall–Kier alpha value is -0.660. The first-order valence-electron chi connectivity index (χ1n) is 7.18. The summed E-state index contributed by atoms with van der Waals surface area (Å²) in [5.41, 5.74) is -0.616. The molecule has 1 heterocycles. The zero-order valence-electron chi connectivity index (χ0n) is 12.9. The molecule has 2 N–H and O–H groups in total. The lowest BCUT2D eigenvalue weighted by Crippen LogP contribution is -2.59. The summed E-state index contributed by atoms with van der Waals surface area (Å²) in [6.45, 7) is 7.42. The molecule has 1 unspecified atom stereocenters. The number of hydrogen-bond acceptors (Lipinski definition) is 4. The van der Waals surface area contributed by atoms with Crippen LogP contribution in [0.25, 0.3) is 0 Å². The van der Waals surface area contributed by atoms with E-state index in [0.29, 0.717) is 13.1 Å². The molecular formula is C13H27N3O3S. The Balaban J connectivity index is 2.75. The largest absolute Gasteiger partial charge is 0.337 e. The third-order valence-corrected chi connectivity index (χ3v) is 4.31. The number of amides is 1. The second kappa shape index (κ2) is 6.87. The lowest BCUT2D eigenvalue weighted by atomic mass is 9.96. The van der Waals surface area contributed by atoms with Crippen molar-refractivity contribution in [2.75, 3.05) is 25.9 Å². The Labute approximate surface area is 122 Å². The summed E-state index contributed by atoms with van der Waals surface area (Å²) in [4.78, 5) is 14.5. The average Bonchev–Trinajstić information content (AvgIpc) is 2.35. The first-order valence-corrected chi connectivity index (χ1v) is 9.07. The monoisotopic (exact) mass is 305 g/mol. The van der Waals surface area contributed by atoms with Crippen LogP contribution in [0.3, 0.4) is 0 Å². The first-order chi connectivity index (χ1) is 9.17. The van der Waals surface area contributed by atoms with Gasteiger partial charge in [0.25, 0.3) is 0 Å². The van der Waals surface area contributed by atoms with E-state index in [0.717, 1.165) is 32.1 Å². The predicted octanol–water partition coefficient (Wildman–Crippen LogP) is 0.305. The standard InChI is InChI=1S/C13H27N3O3S/c1-5-14-13(2,3)12(17)16-9-7-6-8-11(16)10-15-20(4,18)19/h11,14-15H,5-10H2,1-4H3. The number of hydrogen-bond donors (Lipinski definition) is 2. The summed E-state index contributed by atoms with van der Waals surface area (Å²) in [7, 11) is -3.22. The van der Waals surface area contributed by atoms with Crippen LogP contribution in [0.2, 0.25) is 0 Å². The predicted molar refractivity (Wildman–Crippen MR) is 80.0 cm³/mol. The minimum absolute atomic E-state index is 0.0411. The first kappa shape index (κ1) is 17.4. The zero-order valence-corrected chi connectivity index (χ0v) is 13.7. The van der Waals surface area contributed by atoms with Gasteiger partial charge in [-0.2, -0.15) is 0 Å². The van der Waals surface area contributed by atoms with Crippen LogP contribution >= 0.6 is 0 Å². The molecule has 1 amide bonds. The molecule has 0 aliphatic carbocycles. The van der Waals surface area contributed by atoms with Crippen molar-refractivity contribution in [3.63, 3.8) is 0 Å². The van der Waals surface area contributed by atoms with Crippen LogP contribution in [0, 0.1) is 0 Å². The highest BCUT2D eigenvalue weighted by Crippen LogP contribution is 2.20. The van der Waals surface area contributed by atoms with Crippen LogP contribution in [0.15, 0.2) is 0 Å². The molecule has 1 saturated heterocycles. The summed E-state index contributed by atoms with van der Waals surface area (Å²) in [5, 5.41) is 3.18. The van der Waals surface area contributed by atoms with Crippen molar-refractivity contribution in [3.8, 4) is 0 Å². The Morgan fingerprint density at radius 1 is 1.35 bits per heavy atom. The number of nitrogens with one attached hydrogen (secondary N) is 2. The Morgan fingerprint density at radius 2 is 2.00 bits per heavy atom. The highest BCUT2D eigenvalue weighted by molar-refractivity contribution is 7.88. The molecule has 1 rings (SSSR count). The molecule has 7 heteroatoms. The van der Waals surface area contributed by atoms with E-state index in [1.165, 1.54) is 0 Å². The number of nitrogens with zero attached hydrogens (tertiary/aromatic N) is 1. The van der Waals surface area contributed by atoms with Crippen LogP contribution in [0.4, 0.5) is 0 Å². The van der Waals surface area contributed by atoms with E-state index in [-0.39, 0.29) is 11.9 Å². The van der Waals surface area contributed by atoms with Crippen molar-refractivity contribution in [1.29, 1.82) is 0 Å². The van der Waals surface area contributed by atoms with E-state index < -0.39 is 15.6 Å². The van der Waals surface area contributed by atoms with Crippen LogP contribution in [0.1, 0.15) is 40.0 Å². The highest BCUT2D eigenvalue weighted by atomic mass is 32.2. The molecule has 118 valence electrons. The third kappa shape index (κ3) is 5.03. The summed E-state index contributed by atoms with van der Waals surface area (Å²) in [6, 6.07) is -0.0519. The molecule has 0 aromatic rings. The molecule has 6 nitrogen and oxygen atoms in total. The van der Waals surface area contributed by atoms with Gasteiger partial charge in [-0.1, -0.05) is 6.92 Å². The van der Waals surface area contributed by atoms with Crippen LogP contribution in [0.5, 0.6) is 0 Å². The third-order valence-electron chi connectivity index (χ3n) is 3.62. The van der Waals surface area contributed by atoms with Gasteiger partial charge in [0.1, 0.15) is 0 Å². The Kier molecular flexibility index (Phi) is 5.97. The van der Waals surface area contributed by atoms with Crippen LogP contribution < -0.4 is 10.0 Å². The Morgan fingerprint density at radius 3 is 2.55 bits per heavy atom. The fourth-order valence-electron chi connectivity index (χ4n) is 2.60. The minimum atomic E-state index is -3.22. The van der Waals surface area contributed by atoms with Crippen molar-refractivity contribution < 1.29 is 13.2 Å². The van der Waals surface area contributed by atoms with Crippen molar-refractivity contribution in [2.24, 2.45) is 0 Å². The number of likely N-dealkylation sites (tertiary alicyclic amines) is 1. The molecule has 0 aromatic carbocycles. The normalized spacial score (nSPS) is 21.0. The molecule has 0 aromatic heterocycles. The van der Waals surface area contributed by atoms with E-state index in [4.69, 9.17) is 0 Å². The summed E-state index contributed by atoms with van der Waals surface area (Å²) in [5.74, 6) is 0.0411. The smallest absolute Gasteiger partial charge is 0.242 e. The van der Waals surface area contributed by atoms with Crippen LogP contribution in [-0.2, 0) is 14.8 Å². The Bertz CT molecular complexity index is 434. The van der Waals surface area contributed by atoms with Gasteiger partial charge < -0.3 is 10.2 Å². The maximum Gasteiger partial charge on any atom is 0.242 e. The van der Waals surface area contributed by atoms with Crippen molar-refractivity contribution in [2.45, 2.75) is 51.6 Å². The summed E-state index contributed by atoms with van der Waals surface area (Å²) < 4.78 is 25.0. The van der Waals surface area contributed by atoms with Gasteiger partial charge in [-0.3, -0.25) is 4.79 Å². The molecule has 0 bridgehead atoms. The van der Waals surface area contributed by atoms with Crippen molar-refractivity contribution >= 4 is 15.9 Å². The van der Waals surface area contributed by atoms with Gasteiger partial charge in [-0.15, -0.1) is 0 Å². The molecule has 1 aliphatic heterocycles. The lowest BCUT2D eigenvalue weighted by molar-refractivity contribution is -0.140. The summed E-state index contributed by atoms with van der Waals surface area (Å²) >= 11 is 0. The number of sulfonamides is 1. The molecule has 0 radical (unpaired) electrons. The SMILES string of the molecule is CCNC(C)(C)C(=O)N1CCCCC1CNS(C)(=O)=O. The van der Waals surface area contributed by atoms with E-state index >= 15 is 0 Å². The number of piperidine rings is 1. The topological polar surface area (TPSA) is 78.5 Å². The maximum absolute atomic E-state index is 12.6. The molecular weight excluding hydrogens is 278 g/mol. The molecule has 0 saturated carbocycles. The maximum atomic E-state index is 12.6. The summed E-state index contributed by atoms with van der Waals surface area (Å²) in [6.07, 6.45) is 3.99. The van der Waals surface area contributed by atoms with Gasteiger partial charge in [-0.05, 0) is 39.7 Å². The fraction of sp³-hybridized carbons (Fsp3) is 0.923. The van der Waals surface area contributed by atoms with Crippen molar-refractivity contribution in [1.82, 2.24) is 14.9 Å². The van der Waals surface area contributed by atoms with Gasteiger partial charge in [0.15, 0.2) is 0 Å². The van der Waals surface area contributed by atoms with Gasteiger partial charge in [0.2, 0.25) is 15.9 Å². The fourth-order valence-corrected chi connectivity index (χ4v) is 3.10. The zero-order chi connectivity index (χ0) is 15.4. The van der Waals surface area contributed by atoms with Gasteiger partial charge in [0.05, 0.1) is 11.8 Å². The number of rotatable bonds is 6. The second-order valence-corrected chi connectivity index (χ2v) is 7.76. The molecule has 0 spiro atoms. The van der Waals surface area contributed by atoms with E-state index in [1.807, 2.05) is 25.7 Å². The van der Waals surface area contributed by atoms with Gasteiger partial charge in [0, 0.05) is 19.1 Å². The molecule has 1 aliphatic rings. The quantitative estimate of drug-likeness (QED) is 0.740. The molecule has 20 heavy (non-hydrogen) atoms.